The number of hydrogen-bond donors (Lipinski definition) is 2. The number of benzene rings is 1. The van der Waals surface area contributed by atoms with Gasteiger partial charge in [0.1, 0.15) is 29.7 Å². The second-order valence-corrected chi connectivity index (χ2v) is 15.8. The molecule has 3 saturated heterocycles. The van der Waals surface area contributed by atoms with E-state index in [-0.39, 0.29) is 53.3 Å². The second-order valence-electron chi connectivity index (χ2n) is 13.8. The predicted octanol–water partition coefficient (Wildman–Crippen LogP) is 3.97. The molecule has 12 heteroatoms. The summed E-state index contributed by atoms with van der Waals surface area (Å²) in [6.45, 7) is 9.46. The van der Waals surface area contributed by atoms with Crippen LogP contribution in [-0.4, -0.2) is 92.3 Å². The van der Waals surface area contributed by atoms with Gasteiger partial charge in [0, 0.05) is 38.5 Å². The van der Waals surface area contributed by atoms with Gasteiger partial charge in [-0.05, 0) is 69.7 Å². The maximum atomic E-state index is 12.9. The predicted molar refractivity (Wildman–Crippen MR) is 183 cm³/mol. The molecule has 1 amide bonds. The maximum absolute atomic E-state index is 12.9. The summed E-state index contributed by atoms with van der Waals surface area (Å²) in [5.41, 5.74) is 1.17. The first-order valence-electron chi connectivity index (χ1n) is 17.0. The van der Waals surface area contributed by atoms with Crippen LogP contribution in [0.5, 0.6) is 0 Å². The van der Waals surface area contributed by atoms with Crippen LogP contribution in [0.2, 0.25) is 0 Å². The summed E-state index contributed by atoms with van der Waals surface area (Å²) in [6, 6.07) is 6.43. The van der Waals surface area contributed by atoms with E-state index in [2.05, 4.69) is 18.3 Å². The number of ether oxygens (including phenoxy) is 4. The van der Waals surface area contributed by atoms with Gasteiger partial charge >= 0.3 is 5.97 Å². The zero-order chi connectivity index (χ0) is 35.9. The molecular weight excluding hydrogens is 650 g/mol. The Morgan fingerprint density at radius 2 is 1.82 bits per heavy atom. The van der Waals surface area contributed by atoms with Gasteiger partial charge in [0.25, 0.3) is 0 Å². The summed E-state index contributed by atoms with van der Waals surface area (Å²) in [5.74, 6) is -0.441. The number of esters is 1. The van der Waals surface area contributed by atoms with E-state index >= 15 is 0 Å². The van der Waals surface area contributed by atoms with Crippen LogP contribution in [-0.2, 0) is 49.6 Å². The van der Waals surface area contributed by atoms with Crippen molar-refractivity contribution in [3.05, 3.63) is 65.8 Å². The van der Waals surface area contributed by atoms with Crippen LogP contribution in [0, 0.1) is 5.92 Å². The second kappa shape index (κ2) is 16.7. The van der Waals surface area contributed by atoms with E-state index in [1.807, 2.05) is 26.0 Å². The lowest BCUT2D eigenvalue weighted by atomic mass is 9.86. The van der Waals surface area contributed by atoms with E-state index in [0.717, 1.165) is 23.8 Å². The summed E-state index contributed by atoms with van der Waals surface area (Å²) in [4.78, 5) is 36.6. The summed E-state index contributed by atoms with van der Waals surface area (Å²) in [6.07, 6.45) is 10.3. The van der Waals surface area contributed by atoms with Crippen molar-refractivity contribution in [2.24, 2.45) is 5.92 Å². The van der Waals surface area contributed by atoms with E-state index in [9.17, 15) is 27.9 Å². The van der Waals surface area contributed by atoms with E-state index in [4.69, 9.17) is 18.9 Å². The number of aryl methyl sites for hydroxylation is 1. The highest BCUT2D eigenvalue weighted by atomic mass is 32.2. The third-order valence-electron chi connectivity index (χ3n) is 9.42. The molecule has 0 saturated carbocycles. The quantitative estimate of drug-likeness (QED) is 0.126. The Bertz CT molecular complexity index is 1530. The van der Waals surface area contributed by atoms with Crippen molar-refractivity contribution in [3.8, 4) is 0 Å². The fraction of sp³-hybridized carbons (Fsp3) is 0.595. The number of epoxide rings is 1. The molecular formula is C37H51NO10S. The fourth-order valence-electron chi connectivity index (χ4n) is 6.43. The minimum atomic E-state index is -3.27. The molecule has 0 aromatic heterocycles. The van der Waals surface area contributed by atoms with Crippen molar-refractivity contribution < 1.29 is 46.9 Å². The third kappa shape index (κ3) is 11.4. The highest BCUT2D eigenvalue weighted by molar-refractivity contribution is 7.90. The number of allylic oxidation sites excluding steroid dienone is 2. The summed E-state index contributed by atoms with van der Waals surface area (Å²) in [7, 11) is -3.27. The Morgan fingerprint density at radius 1 is 1.12 bits per heavy atom. The lowest BCUT2D eigenvalue weighted by molar-refractivity contribution is -0.144. The molecule has 49 heavy (non-hydrogen) atoms. The highest BCUT2D eigenvalue weighted by Gasteiger charge is 2.58. The fourth-order valence-corrected chi connectivity index (χ4v) is 7.06. The van der Waals surface area contributed by atoms with Crippen LogP contribution < -0.4 is 5.32 Å². The van der Waals surface area contributed by atoms with Crippen molar-refractivity contribution in [2.45, 2.75) is 126 Å². The largest absolute Gasteiger partial charge is 0.459 e. The molecule has 3 heterocycles. The number of aliphatic hydroxyl groups is 1. The molecule has 0 aliphatic carbocycles. The highest BCUT2D eigenvalue weighted by Crippen LogP contribution is 2.43. The number of Topliss-reactive ketones (excluding diaryl/α,β-unsaturated/α-hetero) is 1. The van der Waals surface area contributed by atoms with Crippen molar-refractivity contribution in [3.63, 3.8) is 0 Å². The molecule has 1 aromatic carbocycles. The van der Waals surface area contributed by atoms with E-state index in [1.54, 1.807) is 37.3 Å². The molecule has 11 nitrogen and oxygen atoms in total. The first kappa shape index (κ1) is 38.6. The number of hydrogen-bond acceptors (Lipinski definition) is 10. The standard InChI is InChI=1S/C37H51NO10S/c1-23(7-16-33-24(2)19-32(26(4)47-33)38-35(41)18-9-25(3)46-27(5)39)8-17-34-36(42)37(22-45-37)21-30(48-34)20-29(40)13-10-28-11-14-31(15-12-28)49(6,43)44/h7-9,11-12,14-15,17-18,24-26,30,32-34,36,42H,10,13,16,19-22H2,1-6H3,(H,38,41)/b17-8+,18-9-,23-7+/t24-,25-,26+,30+,32+,33-,34+,36+,37+/m0/s1. The number of amides is 1. The SMILES string of the molecule is CC(=O)O[C@@H](C)/C=C\C(=O)N[C@@H]1C[C@H](C)[C@H](C/C=C(C)/C=C/[C@H]2O[C@H](CC(=O)CCc3ccc(S(C)(=O)=O)cc3)C[C@@]3(CO3)[C@@H]2O)O[C@@H]1C. The number of rotatable bonds is 14. The summed E-state index contributed by atoms with van der Waals surface area (Å²) in [5, 5.41) is 14.0. The van der Waals surface area contributed by atoms with Crippen LogP contribution in [0.4, 0.5) is 0 Å². The maximum Gasteiger partial charge on any atom is 0.303 e. The molecule has 1 spiro atoms. The van der Waals surface area contributed by atoms with Crippen molar-refractivity contribution >= 4 is 27.5 Å². The number of aliphatic hydroxyl groups excluding tert-OH is 1. The molecule has 270 valence electrons. The van der Waals surface area contributed by atoms with Gasteiger partial charge in [0.15, 0.2) is 9.84 Å². The number of sulfone groups is 1. The van der Waals surface area contributed by atoms with E-state index in [1.165, 1.54) is 13.0 Å². The van der Waals surface area contributed by atoms with Crippen LogP contribution in [0.15, 0.2) is 65.1 Å². The summed E-state index contributed by atoms with van der Waals surface area (Å²) >= 11 is 0. The van der Waals surface area contributed by atoms with Crippen LogP contribution in [0.1, 0.15) is 72.3 Å². The smallest absolute Gasteiger partial charge is 0.303 e. The van der Waals surface area contributed by atoms with Crippen LogP contribution in [0.25, 0.3) is 0 Å². The van der Waals surface area contributed by atoms with E-state index in [0.29, 0.717) is 32.3 Å². The number of carbonyl (C=O) groups excluding carboxylic acids is 3. The Kier molecular flexibility index (Phi) is 13.2. The average Bonchev–Trinajstić information content (AvgIpc) is 3.80. The van der Waals surface area contributed by atoms with Gasteiger partial charge in [0.05, 0.1) is 35.9 Å². The number of carbonyl (C=O) groups is 3. The minimum absolute atomic E-state index is 0.0290. The zero-order valence-electron chi connectivity index (χ0n) is 29.3. The average molecular weight is 702 g/mol. The summed E-state index contributed by atoms with van der Waals surface area (Å²) < 4.78 is 46.6. The molecule has 1 aromatic rings. The van der Waals surface area contributed by atoms with Gasteiger partial charge in [-0.25, -0.2) is 8.42 Å². The van der Waals surface area contributed by atoms with E-state index < -0.39 is 39.7 Å². The molecule has 0 radical (unpaired) electrons. The van der Waals surface area contributed by atoms with Gasteiger partial charge in [0.2, 0.25) is 5.91 Å². The van der Waals surface area contributed by atoms with Crippen molar-refractivity contribution in [1.82, 2.24) is 5.32 Å². The number of ketones is 1. The first-order valence-corrected chi connectivity index (χ1v) is 18.9. The lowest BCUT2D eigenvalue weighted by Crippen LogP contribution is -2.50. The van der Waals surface area contributed by atoms with Crippen LogP contribution in [0.3, 0.4) is 0 Å². The molecule has 4 rings (SSSR count). The lowest BCUT2D eigenvalue weighted by Gasteiger charge is -2.39. The van der Waals surface area contributed by atoms with Gasteiger partial charge in [-0.2, -0.15) is 0 Å². The normalized spacial score (nSPS) is 31.2. The monoisotopic (exact) mass is 701 g/mol. The molecule has 0 unspecified atom stereocenters. The van der Waals surface area contributed by atoms with Gasteiger partial charge < -0.3 is 29.4 Å². The minimum Gasteiger partial charge on any atom is -0.459 e. The topological polar surface area (TPSA) is 158 Å². The number of nitrogens with one attached hydrogen (secondary N) is 1. The Labute approximate surface area is 290 Å². The third-order valence-corrected chi connectivity index (χ3v) is 10.6. The molecule has 9 atom stereocenters. The zero-order valence-corrected chi connectivity index (χ0v) is 30.1. The van der Waals surface area contributed by atoms with Gasteiger partial charge in [-0.3, -0.25) is 14.4 Å². The van der Waals surface area contributed by atoms with Crippen molar-refractivity contribution in [2.75, 3.05) is 12.9 Å². The van der Waals surface area contributed by atoms with Gasteiger partial charge in [-0.1, -0.05) is 42.9 Å². The molecule has 3 fully saturated rings. The Morgan fingerprint density at radius 3 is 2.45 bits per heavy atom. The molecule has 3 aliphatic heterocycles. The first-order chi connectivity index (χ1) is 23.0. The van der Waals surface area contributed by atoms with Crippen molar-refractivity contribution in [1.29, 1.82) is 0 Å². The van der Waals surface area contributed by atoms with Crippen LogP contribution >= 0.6 is 0 Å². The Hall–Kier alpha value is -3.16. The Balaban J connectivity index is 1.25. The molecule has 2 N–H and O–H groups in total. The molecule has 3 aliphatic rings. The van der Waals surface area contributed by atoms with Gasteiger partial charge in [-0.15, -0.1) is 0 Å². The molecule has 0 bridgehead atoms.